The number of halogens is 1. The van der Waals surface area contributed by atoms with Crippen LogP contribution in [0.3, 0.4) is 0 Å². The average Bonchev–Trinajstić information content (AvgIpc) is 3.19. The van der Waals surface area contributed by atoms with Crippen molar-refractivity contribution in [3.05, 3.63) is 47.0 Å². The van der Waals surface area contributed by atoms with Gasteiger partial charge in [-0.3, -0.25) is 10.1 Å². The van der Waals surface area contributed by atoms with Crippen LogP contribution in [-0.4, -0.2) is 56.4 Å². The lowest BCUT2D eigenvalue weighted by Gasteiger charge is -2.19. The summed E-state index contributed by atoms with van der Waals surface area (Å²) in [7, 11) is -2.24. The van der Waals surface area contributed by atoms with Gasteiger partial charge in [-0.05, 0) is 36.4 Å². The number of fused-ring (bicyclic) bond motifs is 1. The maximum absolute atomic E-state index is 12.7. The Morgan fingerprint density at radius 2 is 1.88 bits per heavy atom. The van der Waals surface area contributed by atoms with Crippen molar-refractivity contribution in [1.82, 2.24) is 9.29 Å². The van der Waals surface area contributed by atoms with Gasteiger partial charge >= 0.3 is 5.97 Å². The lowest BCUT2D eigenvalue weighted by atomic mass is 10.2. The molecule has 0 atom stereocenters. The van der Waals surface area contributed by atoms with Gasteiger partial charge in [0.15, 0.2) is 11.7 Å². The van der Waals surface area contributed by atoms with E-state index in [1.807, 2.05) is 0 Å². The zero-order valence-electron chi connectivity index (χ0n) is 18.1. The molecule has 0 unspecified atom stereocenters. The Kier molecular flexibility index (Phi) is 7.90. The van der Waals surface area contributed by atoms with Gasteiger partial charge in [0.25, 0.3) is 5.91 Å². The van der Waals surface area contributed by atoms with Gasteiger partial charge in [-0.2, -0.15) is 4.31 Å². The normalized spacial score (nSPS) is 11.5. The van der Waals surface area contributed by atoms with E-state index < -0.39 is 28.5 Å². The molecule has 0 aliphatic carbocycles. The highest BCUT2D eigenvalue weighted by molar-refractivity contribution is 7.89. The number of carbonyl (C=O) groups excluding carboxylic acids is 2. The van der Waals surface area contributed by atoms with Gasteiger partial charge in [0.1, 0.15) is 5.75 Å². The van der Waals surface area contributed by atoms with Crippen LogP contribution in [0.2, 0.25) is 5.02 Å². The van der Waals surface area contributed by atoms with Gasteiger partial charge in [0, 0.05) is 13.1 Å². The van der Waals surface area contributed by atoms with Gasteiger partial charge in [-0.25, -0.2) is 18.2 Å². The highest BCUT2D eigenvalue weighted by atomic mass is 35.5. The van der Waals surface area contributed by atoms with Crippen molar-refractivity contribution in [2.45, 2.75) is 18.7 Å². The molecular weight excluding hydrogens is 490 g/mol. The lowest BCUT2D eigenvalue weighted by Crippen LogP contribution is -2.30. The molecule has 12 heteroatoms. The Bertz CT molecular complexity index is 1290. The molecule has 0 fully saturated rings. The van der Waals surface area contributed by atoms with Crippen molar-refractivity contribution in [2.24, 2.45) is 0 Å². The van der Waals surface area contributed by atoms with Crippen molar-refractivity contribution in [2.75, 3.05) is 32.1 Å². The molecule has 33 heavy (non-hydrogen) atoms. The first-order valence-corrected chi connectivity index (χ1v) is 12.5. The van der Waals surface area contributed by atoms with Crippen LogP contribution < -0.4 is 10.1 Å². The minimum atomic E-state index is -3.79. The zero-order valence-corrected chi connectivity index (χ0v) is 20.5. The fraction of sp³-hybridized carbons (Fsp3) is 0.286. The quantitative estimate of drug-likeness (QED) is 0.434. The number of thiazole rings is 1. The number of benzene rings is 2. The summed E-state index contributed by atoms with van der Waals surface area (Å²) in [5.41, 5.74) is 0.538. The molecule has 176 valence electrons. The van der Waals surface area contributed by atoms with E-state index in [2.05, 4.69) is 10.3 Å². The van der Waals surface area contributed by atoms with Crippen LogP contribution in [0.25, 0.3) is 10.2 Å². The van der Waals surface area contributed by atoms with Crippen molar-refractivity contribution >= 4 is 60.2 Å². The molecule has 0 bridgehead atoms. The van der Waals surface area contributed by atoms with Crippen LogP contribution in [-0.2, 0) is 19.6 Å². The van der Waals surface area contributed by atoms with Crippen LogP contribution >= 0.6 is 22.9 Å². The topological polar surface area (TPSA) is 115 Å². The zero-order chi connectivity index (χ0) is 24.2. The second-order valence-electron chi connectivity index (χ2n) is 6.71. The highest BCUT2D eigenvalue weighted by Crippen LogP contribution is 2.29. The lowest BCUT2D eigenvalue weighted by molar-refractivity contribution is -0.119. The number of nitrogens with one attached hydrogen (secondary N) is 1. The minimum Gasteiger partial charge on any atom is -0.497 e. The van der Waals surface area contributed by atoms with Gasteiger partial charge in [0.05, 0.1) is 32.8 Å². The van der Waals surface area contributed by atoms with E-state index in [-0.39, 0.29) is 28.6 Å². The third-order valence-electron chi connectivity index (χ3n) is 4.68. The summed E-state index contributed by atoms with van der Waals surface area (Å²) in [6.45, 7) is 3.39. The van der Waals surface area contributed by atoms with Crippen molar-refractivity contribution in [3.63, 3.8) is 0 Å². The van der Waals surface area contributed by atoms with Crippen LogP contribution in [0.5, 0.6) is 5.75 Å². The summed E-state index contributed by atoms with van der Waals surface area (Å²) < 4.78 is 37.7. The first-order chi connectivity index (χ1) is 15.7. The molecule has 0 saturated carbocycles. The van der Waals surface area contributed by atoms with Gasteiger partial charge in [0.2, 0.25) is 10.0 Å². The largest absolute Gasteiger partial charge is 0.497 e. The summed E-state index contributed by atoms with van der Waals surface area (Å²) >= 11 is 7.32. The van der Waals surface area contributed by atoms with E-state index in [4.69, 9.17) is 21.1 Å². The van der Waals surface area contributed by atoms with Crippen LogP contribution in [0, 0.1) is 0 Å². The van der Waals surface area contributed by atoms with E-state index in [9.17, 15) is 18.0 Å². The first kappa shape index (κ1) is 24.9. The number of hydrogen-bond donors (Lipinski definition) is 1. The molecule has 1 aromatic heterocycles. The second kappa shape index (κ2) is 10.5. The van der Waals surface area contributed by atoms with E-state index in [0.29, 0.717) is 16.4 Å². The number of sulfonamides is 1. The average molecular weight is 512 g/mol. The molecule has 0 spiro atoms. The van der Waals surface area contributed by atoms with Crippen molar-refractivity contribution in [1.29, 1.82) is 0 Å². The maximum Gasteiger partial charge on any atom is 0.340 e. The third-order valence-corrected chi connectivity index (χ3v) is 7.99. The SMILES string of the molecule is CCN(CC)S(=O)(=O)c1ccc(Cl)c(C(=O)OCC(=O)Nc2nc3ccc(OC)cc3s2)c1. The summed E-state index contributed by atoms with van der Waals surface area (Å²) in [6.07, 6.45) is 0. The van der Waals surface area contributed by atoms with E-state index in [0.717, 1.165) is 10.8 Å². The molecule has 0 aliphatic heterocycles. The molecule has 0 aliphatic rings. The fourth-order valence-corrected chi connectivity index (χ4v) is 5.57. The molecule has 0 radical (unpaired) electrons. The molecule has 1 N–H and O–H groups in total. The maximum atomic E-state index is 12.7. The predicted molar refractivity (Wildman–Crippen MR) is 127 cm³/mol. The number of ether oxygens (including phenoxy) is 2. The van der Waals surface area contributed by atoms with Gasteiger partial charge in [-0.15, -0.1) is 0 Å². The Hall–Kier alpha value is -2.73. The number of esters is 1. The number of hydrogen-bond acceptors (Lipinski definition) is 8. The number of anilines is 1. The molecule has 3 aromatic rings. The van der Waals surface area contributed by atoms with E-state index in [1.165, 1.54) is 27.8 Å². The monoisotopic (exact) mass is 511 g/mol. The standard InChI is InChI=1S/C21H22ClN3O6S2/c1-4-25(5-2)33(28,29)14-7-8-16(22)15(11-14)20(27)31-12-19(26)24-21-23-17-9-6-13(30-3)10-18(17)32-21/h6-11H,4-5,12H2,1-3H3,(H,23,24,26). The Balaban J connectivity index is 1.68. The van der Waals surface area contributed by atoms with Crippen LogP contribution in [0.4, 0.5) is 5.13 Å². The number of carbonyl (C=O) groups is 2. The molecular formula is C21H22ClN3O6S2. The van der Waals surface area contributed by atoms with Crippen molar-refractivity contribution < 1.29 is 27.5 Å². The summed E-state index contributed by atoms with van der Waals surface area (Å²) in [5, 5.41) is 2.92. The molecule has 9 nitrogen and oxygen atoms in total. The Morgan fingerprint density at radius 1 is 1.15 bits per heavy atom. The molecule has 2 aromatic carbocycles. The summed E-state index contributed by atoms with van der Waals surface area (Å²) in [4.78, 5) is 29.0. The Morgan fingerprint density at radius 3 is 2.55 bits per heavy atom. The number of rotatable bonds is 9. The van der Waals surface area contributed by atoms with E-state index >= 15 is 0 Å². The molecule has 3 rings (SSSR count). The number of aromatic nitrogens is 1. The predicted octanol–water partition coefficient (Wildman–Crippen LogP) is 3.78. The second-order valence-corrected chi connectivity index (χ2v) is 10.1. The Labute approximate surface area is 200 Å². The first-order valence-electron chi connectivity index (χ1n) is 9.90. The molecule has 1 amide bonds. The molecule has 1 heterocycles. The third kappa shape index (κ3) is 5.61. The minimum absolute atomic E-state index is 0.0130. The van der Waals surface area contributed by atoms with Crippen molar-refractivity contribution in [3.8, 4) is 5.75 Å². The molecule has 0 saturated heterocycles. The number of amides is 1. The number of nitrogens with zero attached hydrogens (tertiary/aromatic N) is 2. The smallest absolute Gasteiger partial charge is 0.340 e. The van der Waals surface area contributed by atoms with Crippen LogP contribution in [0.1, 0.15) is 24.2 Å². The number of methoxy groups -OCH3 is 1. The van der Waals surface area contributed by atoms with E-state index in [1.54, 1.807) is 39.2 Å². The fourth-order valence-electron chi connectivity index (χ4n) is 2.98. The summed E-state index contributed by atoms with van der Waals surface area (Å²) in [6, 6.07) is 9.10. The summed E-state index contributed by atoms with van der Waals surface area (Å²) in [5.74, 6) is -0.849. The highest BCUT2D eigenvalue weighted by Gasteiger charge is 2.24. The van der Waals surface area contributed by atoms with Gasteiger partial charge in [-0.1, -0.05) is 36.8 Å². The van der Waals surface area contributed by atoms with Crippen LogP contribution in [0.15, 0.2) is 41.3 Å². The van der Waals surface area contributed by atoms with Gasteiger partial charge < -0.3 is 9.47 Å².